The maximum Gasteiger partial charge on any atom is 0.256 e. The summed E-state index contributed by atoms with van der Waals surface area (Å²) >= 11 is 0. The van der Waals surface area contributed by atoms with E-state index >= 15 is 0 Å². The number of likely N-dealkylation sites (N-methyl/N-ethyl adjacent to an activating group) is 1. The summed E-state index contributed by atoms with van der Waals surface area (Å²) in [6.07, 6.45) is 0. The monoisotopic (exact) mass is 440 g/mol. The molecule has 0 fully saturated rings. The van der Waals surface area contributed by atoms with Crippen molar-refractivity contribution in [2.45, 2.75) is 0 Å². The Morgan fingerprint density at radius 3 is 2.47 bits per heavy atom. The second-order valence-electron chi connectivity index (χ2n) is 7.34. The van der Waals surface area contributed by atoms with E-state index in [-0.39, 0.29) is 39.8 Å². The highest BCUT2D eigenvalue weighted by molar-refractivity contribution is 6.10. The molecule has 3 aromatic carbocycles. The number of carbonyl (C=O) groups excluding carboxylic acids is 1. The first-order valence-corrected chi connectivity index (χ1v) is 9.88. The molecule has 0 aliphatic heterocycles. The molecule has 8 heteroatoms. The summed E-state index contributed by atoms with van der Waals surface area (Å²) in [6.45, 7) is 0.963. The average molecular weight is 440 g/mol. The van der Waals surface area contributed by atoms with Crippen molar-refractivity contribution in [3.8, 4) is 34.1 Å². The number of carbonyl (C=O) groups is 1. The highest BCUT2D eigenvalue weighted by Gasteiger charge is 2.21. The first kappa shape index (κ1) is 22.9. The van der Waals surface area contributed by atoms with Gasteiger partial charge in [0.1, 0.15) is 12.4 Å². The van der Waals surface area contributed by atoms with Crippen LogP contribution in [0.5, 0.6) is 23.0 Å². The van der Waals surface area contributed by atoms with Gasteiger partial charge in [-0.3, -0.25) is 4.79 Å². The van der Waals surface area contributed by atoms with Crippen LogP contribution >= 0.6 is 0 Å². The summed E-state index contributed by atoms with van der Waals surface area (Å²) in [5.41, 5.74) is 0.953. The summed E-state index contributed by atoms with van der Waals surface area (Å²) < 4.78 is 25.0. The third-order valence-corrected chi connectivity index (χ3v) is 4.73. The van der Waals surface area contributed by atoms with E-state index in [1.807, 2.05) is 19.0 Å². The minimum absolute atomic E-state index is 0.0250. The lowest BCUT2D eigenvalue weighted by atomic mass is 9.97. The largest absolute Gasteiger partial charge is 0.508 e. The van der Waals surface area contributed by atoms with Crippen LogP contribution in [0.2, 0.25) is 0 Å². The highest BCUT2D eigenvalue weighted by Crippen LogP contribution is 2.41. The summed E-state index contributed by atoms with van der Waals surface area (Å²) in [4.78, 5) is 14.9. The first-order valence-electron chi connectivity index (χ1n) is 9.88. The zero-order valence-corrected chi connectivity index (χ0v) is 18.1. The second kappa shape index (κ2) is 10.0. The van der Waals surface area contributed by atoms with Crippen LogP contribution in [0.25, 0.3) is 11.1 Å². The Balaban J connectivity index is 1.88. The number of aromatic hydroxyl groups is 2. The molecule has 0 heterocycles. The van der Waals surface area contributed by atoms with Crippen LogP contribution in [-0.2, 0) is 0 Å². The molecule has 0 atom stereocenters. The van der Waals surface area contributed by atoms with E-state index < -0.39 is 11.7 Å². The lowest BCUT2D eigenvalue weighted by Crippen LogP contribution is -2.19. The Morgan fingerprint density at radius 1 is 1.06 bits per heavy atom. The lowest BCUT2D eigenvalue weighted by molar-refractivity contribution is 0.102. The van der Waals surface area contributed by atoms with Crippen LogP contribution in [0.4, 0.5) is 10.1 Å². The minimum atomic E-state index is -0.604. The number of rotatable bonds is 8. The Kier molecular flexibility index (Phi) is 7.17. The minimum Gasteiger partial charge on any atom is -0.508 e. The number of hydrogen-bond acceptors (Lipinski definition) is 6. The van der Waals surface area contributed by atoms with Gasteiger partial charge in [0.25, 0.3) is 5.91 Å². The van der Waals surface area contributed by atoms with Gasteiger partial charge in [0.05, 0.1) is 12.7 Å². The molecule has 0 spiro atoms. The van der Waals surface area contributed by atoms with Gasteiger partial charge in [-0.15, -0.1) is 0 Å². The van der Waals surface area contributed by atoms with Gasteiger partial charge in [-0.2, -0.15) is 0 Å². The van der Waals surface area contributed by atoms with E-state index in [1.165, 1.54) is 49.6 Å². The quantitative estimate of drug-likeness (QED) is 0.489. The van der Waals surface area contributed by atoms with Crippen LogP contribution in [0.15, 0.2) is 54.6 Å². The van der Waals surface area contributed by atoms with Gasteiger partial charge in [-0.1, -0.05) is 12.1 Å². The summed E-state index contributed by atoms with van der Waals surface area (Å²) in [5.74, 6) is -1.18. The number of methoxy groups -OCH3 is 1. The molecular weight excluding hydrogens is 415 g/mol. The molecular formula is C24H25FN2O5. The molecule has 0 aliphatic carbocycles. The number of hydrogen-bond donors (Lipinski definition) is 3. The Hall–Kier alpha value is -3.78. The average Bonchev–Trinajstić information content (AvgIpc) is 2.74. The molecule has 0 saturated carbocycles. The number of ether oxygens (including phenoxy) is 2. The van der Waals surface area contributed by atoms with Gasteiger partial charge in [0.2, 0.25) is 0 Å². The van der Waals surface area contributed by atoms with Gasteiger partial charge >= 0.3 is 0 Å². The van der Waals surface area contributed by atoms with Crippen LogP contribution < -0.4 is 14.8 Å². The molecule has 7 nitrogen and oxygen atoms in total. The fraction of sp³-hybridized carbons (Fsp3) is 0.208. The molecule has 3 N–H and O–H groups in total. The van der Waals surface area contributed by atoms with Crippen LogP contribution in [0.3, 0.4) is 0 Å². The van der Waals surface area contributed by atoms with Crippen molar-refractivity contribution < 1.29 is 28.9 Å². The molecule has 1 amide bonds. The highest BCUT2D eigenvalue weighted by atomic mass is 19.1. The van der Waals surface area contributed by atoms with Crippen molar-refractivity contribution in [1.29, 1.82) is 0 Å². The number of anilines is 1. The van der Waals surface area contributed by atoms with Gasteiger partial charge in [-0.25, -0.2) is 4.39 Å². The number of nitrogens with one attached hydrogen (secondary N) is 1. The summed E-state index contributed by atoms with van der Waals surface area (Å²) in [7, 11) is 5.17. The predicted octanol–water partition coefficient (Wildman–Crippen LogP) is 4.11. The molecule has 3 aromatic rings. The maximum absolute atomic E-state index is 14.4. The number of phenols is 2. The zero-order valence-electron chi connectivity index (χ0n) is 18.1. The molecule has 0 radical (unpaired) electrons. The van der Waals surface area contributed by atoms with Crippen molar-refractivity contribution in [2.75, 3.05) is 39.7 Å². The topological polar surface area (TPSA) is 91.3 Å². The molecule has 32 heavy (non-hydrogen) atoms. The fourth-order valence-corrected chi connectivity index (χ4v) is 3.11. The van der Waals surface area contributed by atoms with Crippen LogP contribution in [-0.4, -0.2) is 55.4 Å². The molecule has 0 bridgehead atoms. The van der Waals surface area contributed by atoms with Crippen LogP contribution in [0.1, 0.15) is 10.4 Å². The number of amides is 1. The standard InChI is InChI=1S/C24H25FN2O5/c1-27(2)11-12-32-20-9-7-16(14-19(20)25)26-24(30)18-8-10-21(31-3)23(29)22(18)15-5-4-6-17(28)13-15/h4-10,13-14,28-29H,11-12H2,1-3H3,(H,26,30). The van der Waals surface area contributed by atoms with E-state index in [9.17, 15) is 19.4 Å². The number of halogens is 1. The Bertz CT molecular complexity index is 1120. The van der Waals surface area contributed by atoms with Gasteiger partial charge < -0.3 is 29.9 Å². The Labute approximate surface area is 185 Å². The van der Waals surface area contributed by atoms with Crippen molar-refractivity contribution in [1.82, 2.24) is 4.90 Å². The van der Waals surface area contributed by atoms with Crippen molar-refractivity contribution >= 4 is 11.6 Å². The molecule has 0 unspecified atom stereocenters. The summed E-state index contributed by atoms with van der Waals surface area (Å²) in [6, 6.07) is 13.2. The SMILES string of the molecule is COc1ccc(C(=O)Nc2ccc(OCCN(C)C)c(F)c2)c(-c2cccc(O)c2)c1O. The van der Waals surface area contributed by atoms with Crippen LogP contribution in [0, 0.1) is 5.82 Å². The first-order chi connectivity index (χ1) is 15.3. The Morgan fingerprint density at radius 2 is 1.81 bits per heavy atom. The van der Waals surface area contributed by atoms with E-state index in [0.29, 0.717) is 18.7 Å². The second-order valence-corrected chi connectivity index (χ2v) is 7.34. The maximum atomic E-state index is 14.4. The molecule has 0 aromatic heterocycles. The third kappa shape index (κ3) is 5.28. The predicted molar refractivity (Wildman–Crippen MR) is 120 cm³/mol. The fourth-order valence-electron chi connectivity index (χ4n) is 3.11. The molecule has 168 valence electrons. The van der Waals surface area contributed by atoms with Crippen molar-refractivity contribution in [2.24, 2.45) is 0 Å². The smallest absolute Gasteiger partial charge is 0.256 e. The van der Waals surface area contributed by atoms with E-state index in [1.54, 1.807) is 12.1 Å². The molecule has 3 rings (SSSR count). The third-order valence-electron chi connectivity index (χ3n) is 4.73. The zero-order chi connectivity index (χ0) is 23.3. The number of benzene rings is 3. The summed E-state index contributed by atoms with van der Waals surface area (Å²) in [5, 5.41) is 23.1. The number of nitrogens with zero attached hydrogens (tertiary/aromatic N) is 1. The van der Waals surface area contributed by atoms with E-state index in [4.69, 9.17) is 9.47 Å². The lowest BCUT2D eigenvalue weighted by Gasteiger charge is -2.15. The normalized spacial score (nSPS) is 10.8. The van der Waals surface area contributed by atoms with Gasteiger partial charge in [0.15, 0.2) is 23.1 Å². The van der Waals surface area contributed by atoms with Crippen molar-refractivity contribution in [3.63, 3.8) is 0 Å². The van der Waals surface area contributed by atoms with Crippen molar-refractivity contribution in [3.05, 3.63) is 66.0 Å². The molecule has 0 saturated heterocycles. The van der Waals surface area contributed by atoms with Gasteiger partial charge in [-0.05, 0) is 56.1 Å². The molecule has 0 aliphatic rings. The van der Waals surface area contributed by atoms with E-state index in [2.05, 4.69) is 5.32 Å². The number of phenolic OH excluding ortho intramolecular Hbond substituents is 2. The van der Waals surface area contributed by atoms with Gasteiger partial charge in [0, 0.05) is 23.9 Å². The van der Waals surface area contributed by atoms with E-state index in [0.717, 1.165) is 0 Å².